The molecule has 0 unspecified atom stereocenters. The third-order valence-corrected chi connectivity index (χ3v) is 3.79. The van der Waals surface area contributed by atoms with Crippen LogP contribution in [-0.4, -0.2) is 48.2 Å². The van der Waals surface area contributed by atoms with E-state index in [4.69, 9.17) is 4.98 Å². The highest BCUT2D eigenvalue weighted by atomic mass is 15.2. The molecule has 1 saturated heterocycles. The minimum absolute atomic E-state index is 0.398. The zero-order chi connectivity index (χ0) is 15.4. The van der Waals surface area contributed by atoms with Crippen molar-refractivity contribution in [3.8, 4) is 11.3 Å². The quantitative estimate of drug-likeness (QED) is 0.897. The van der Waals surface area contributed by atoms with Crippen molar-refractivity contribution in [3.63, 3.8) is 0 Å². The lowest BCUT2D eigenvalue weighted by molar-refractivity contribution is 0.479. The maximum atomic E-state index is 4.79. The Morgan fingerprint density at radius 1 is 1.27 bits per heavy atom. The minimum Gasteiger partial charge on any atom is -0.363 e. The number of nitrogens with one attached hydrogen (secondary N) is 2. The van der Waals surface area contributed by atoms with Crippen LogP contribution >= 0.6 is 0 Å². The van der Waals surface area contributed by atoms with Crippen molar-refractivity contribution in [2.75, 3.05) is 37.4 Å². The summed E-state index contributed by atoms with van der Waals surface area (Å²) in [5.41, 5.74) is 1.89. The van der Waals surface area contributed by atoms with Gasteiger partial charge in [-0.1, -0.05) is 0 Å². The van der Waals surface area contributed by atoms with Crippen LogP contribution in [0.2, 0.25) is 0 Å². The van der Waals surface area contributed by atoms with Gasteiger partial charge in [0.25, 0.3) is 0 Å². The van der Waals surface area contributed by atoms with Gasteiger partial charge in [-0.2, -0.15) is 0 Å². The summed E-state index contributed by atoms with van der Waals surface area (Å²) in [6.07, 6.45) is 7.70. The van der Waals surface area contributed by atoms with E-state index in [0.717, 1.165) is 42.4 Å². The van der Waals surface area contributed by atoms with E-state index >= 15 is 0 Å². The largest absolute Gasteiger partial charge is 0.363 e. The molecular weight excluding hydrogens is 276 g/mol. The van der Waals surface area contributed by atoms with E-state index in [-0.39, 0.29) is 0 Å². The summed E-state index contributed by atoms with van der Waals surface area (Å²) < 4.78 is 0. The van der Waals surface area contributed by atoms with Crippen molar-refractivity contribution >= 4 is 11.6 Å². The number of piperidine rings is 1. The molecule has 2 aromatic heterocycles. The second kappa shape index (κ2) is 6.70. The lowest BCUT2D eigenvalue weighted by Crippen LogP contribution is -2.39. The van der Waals surface area contributed by atoms with Gasteiger partial charge >= 0.3 is 0 Å². The number of anilines is 2. The molecule has 1 aliphatic rings. The van der Waals surface area contributed by atoms with Crippen LogP contribution in [0.4, 0.5) is 11.6 Å². The molecule has 1 fully saturated rings. The van der Waals surface area contributed by atoms with Crippen molar-refractivity contribution in [2.45, 2.75) is 18.9 Å². The Labute approximate surface area is 131 Å². The fourth-order valence-electron chi connectivity index (χ4n) is 2.64. The van der Waals surface area contributed by atoms with Gasteiger partial charge < -0.3 is 15.5 Å². The Morgan fingerprint density at radius 2 is 2.09 bits per heavy atom. The molecule has 2 N–H and O–H groups in total. The summed E-state index contributed by atoms with van der Waals surface area (Å²) in [4.78, 5) is 15.4. The molecular formula is C16H22N6. The molecule has 0 saturated carbocycles. The van der Waals surface area contributed by atoms with Gasteiger partial charge in [-0.15, -0.1) is 0 Å². The molecule has 0 amide bonds. The second-order valence-electron chi connectivity index (χ2n) is 5.75. The molecule has 1 aliphatic heterocycles. The standard InChI is InChI=1S/C16H22N6/c1-22(2)16-15(20-13-4-3-7-18-10-13)21-14(11-19-16)12-5-8-17-9-6-12/h5-6,8-9,11,13,18H,3-4,7,10H2,1-2H3,(H,20,21)/t13-/m0/s1. The summed E-state index contributed by atoms with van der Waals surface area (Å²) in [6.45, 7) is 2.06. The normalized spacial score (nSPS) is 18.0. The first-order valence-electron chi connectivity index (χ1n) is 7.66. The zero-order valence-corrected chi connectivity index (χ0v) is 13.1. The highest BCUT2D eigenvalue weighted by Crippen LogP contribution is 2.25. The fraction of sp³-hybridized carbons (Fsp3) is 0.438. The van der Waals surface area contributed by atoms with Crippen LogP contribution < -0.4 is 15.5 Å². The Balaban J connectivity index is 1.90. The molecule has 0 bridgehead atoms. The maximum Gasteiger partial charge on any atom is 0.171 e. The molecule has 0 spiro atoms. The van der Waals surface area contributed by atoms with Gasteiger partial charge in [0, 0.05) is 44.6 Å². The van der Waals surface area contributed by atoms with E-state index in [9.17, 15) is 0 Å². The summed E-state index contributed by atoms with van der Waals surface area (Å²) in [5.74, 6) is 1.70. The highest BCUT2D eigenvalue weighted by Gasteiger charge is 2.17. The van der Waals surface area contributed by atoms with Gasteiger partial charge in [0.15, 0.2) is 11.6 Å². The highest BCUT2D eigenvalue weighted by molar-refractivity contribution is 5.67. The first-order chi connectivity index (χ1) is 10.7. The number of hydrogen-bond donors (Lipinski definition) is 2. The van der Waals surface area contributed by atoms with Crippen LogP contribution in [0.1, 0.15) is 12.8 Å². The first-order valence-corrected chi connectivity index (χ1v) is 7.66. The Hall–Kier alpha value is -2.21. The number of rotatable bonds is 4. The Morgan fingerprint density at radius 3 is 2.77 bits per heavy atom. The zero-order valence-electron chi connectivity index (χ0n) is 13.1. The predicted molar refractivity (Wildman–Crippen MR) is 89.1 cm³/mol. The third-order valence-electron chi connectivity index (χ3n) is 3.79. The minimum atomic E-state index is 0.398. The van der Waals surface area contributed by atoms with E-state index in [1.165, 1.54) is 6.42 Å². The molecule has 0 radical (unpaired) electrons. The average molecular weight is 298 g/mol. The maximum absolute atomic E-state index is 4.79. The van der Waals surface area contributed by atoms with E-state index in [1.807, 2.05) is 37.3 Å². The van der Waals surface area contributed by atoms with E-state index < -0.39 is 0 Å². The first kappa shape index (κ1) is 14.7. The van der Waals surface area contributed by atoms with Crippen LogP contribution in [0.5, 0.6) is 0 Å². The van der Waals surface area contributed by atoms with Crippen molar-refractivity contribution in [2.24, 2.45) is 0 Å². The van der Waals surface area contributed by atoms with Crippen LogP contribution in [0.15, 0.2) is 30.7 Å². The predicted octanol–water partition coefficient (Wildman–Crippen LogP) is 1.77. The van der Waals surface area contributed by atoms with Crippen LogP contribution in [0.25, 0.3) is 11.3 Å². The van der Waals surface area contributed by atoms with Gasteiger partial charge in [-0.25, -0.2) is 9.97 Å². The number of pyridine rings is 1. The Bertz CT molecular complexity index is 607. The van der Waals surface area contributed by atoms with Crippen molar-refractivity contribution in [1.29, 1.82) is 0 Å². The van der Waals surface area contributed by atoms with Gasteiger partial charge in [-0.3, -0.25) is 4.98 Å². The van der Waals surface area contributed by atoms with Crippen LogP contribution in [0.3, 0.4) is 0 Å². The van der Waals surface area contributed by atoms with Crippen molar-refractivity contribution in [1.82, 2.24) is 20.3 Å². The Kier molecular flexibility index (Phi) is 4.48. The molecule has 116 valence electrons. The van der Waals surface area contributed by atoms with E-state index in [1.54, 1.807) is 12.4 Å². The molecule has 3 rings (SSSR count). The van der Waals surface area contributed by atoms with Gasteiger partial charge in [0.05, 0.1) is 11.9 Å². The lowest BCUT2D eigenvalue weighted by atomic mass is 10.1. The molecule has 22 heavy (non-hydrogen) atoms. The molecule has 3 heterocycles. The molecule has 2 aromatic rings. The molecule has 0 aliphatic carbocycles. The summed E-state index contributed by atoms with van der Waals surface area (Å²) in [6, 6.07) is 4.30. The van der Waals surface area contributed by atoms with E-state index in [0.29, 0.717) is 6.04 Å². The van der Waals surface area contributed by atoms with Gasteiger partial charge in [0.1, 0.15) is 0 Å². The molecule has 0 aromatic carbocycles. The summed E-state index contributed by atoms with van der Waals surface area (Å²) in [5, 5.41) is 6.97. The molecule has 6 heteroatoms. The lowest BCUT2D eigenvalue weighted by Gasteiger charge is -2.26. The van der Waals surface area contributed by atoms with E-state index in [2.05, 4.69) is 20.6 Å². The van der Waals surface area contributed by atoms with Crippen molar-refractivity contribution in [3.05, 3.63) is 30.7 Å². The molecule has 1 atom stereocenters. The van der Waals surface area contributed by atoms with Crippen molar-refractivity contribution < 1.29 is 0 Å². The SMILES string of the molecule is CN(C)c1ncc(-c2ccncc2)nc1N[C@H]1CCCNC1. The summed E-state index contributed by atoms with van der Waals surface area (Å²) >= 11 is 0. The van der Waals surface area contributed by atoms with Crippen LogP contribution in [0, 0.1) is 0 Å². The number of hydrogen-bond acceptors (Lipinski definition) is 6. The smallest absolute Gasteiger partial charge is 0.171 e. The van der Waals surface area contributed by atoms with Gasteiger partial charge in [0.2, 0.25) is 0 Å². The number of nitrogens with zero attached hydrogens (tertiary/aromatic N) is 4. The topological polar surface area (TPSA) is 66.0 Å². The monoisotopic (exact) mass is 298 g/mol. The molecule has 6 nitrogen and oxygen atoms in total. The van der Waals surface area contributed by atoms with Gasteiger partial charge in [-0.05, 0) is 31.5 Å². The fourth-order valence-corrected chi connectivity index (χ4v) is 2.64. The van der Waals surface area contributed by atoms with Crippen LogP contribution in [-0.2, 0) is 0 Å². The number of aromatic nitrogens is 3. The summed E-state index contributed by atoms with van der Waals surface area (Å²) in [7, 11) is 3.97. The third kappa shape index (κ3) is 3.33. The average Bonchev–Trinajstić information content (AvgIpc) is 2.56. The second-order valence-corrected chi connectivity index (χ2v) is 5.75.